The minimum absolute atomic E-state index is 0.0840. The molecule has 1 nitrogen and oxygen atoms in total. The van der Waals surface area contributed by atoms with E-state index >= 15 is 0 Å². The smallest absolute Gasteiger partial charge is 0.0165 e. The van der Waals surface area contributed by atoms with Gasteiger partial charge < -0.3 is 5.73 Å². The lowest BCUT2D eigenvalue weighted by Gasteiger charge is -2.20. The van der Waals surface area contributed by atoms with E-state index in [1.54, 1.807) is 0 Å². The molecule has 0 aromatic heterocycles. The normalized spacial score (nSPS) is 14.8. The van der Waals surface area contributed by atoms with E-state index in [2.05, 4.69) is 46.8 Å². The van der Waals surface area contributed by atoms with Gasteiger partial charge in [0.05, 0.1) is 0 Å². The standard InChI is InChI=1S/C12H23N/c1-6-7-8-9-10(2)11(13)12(3,4)5/h8-9H,6-7,13H2,1-5H3/b9-8-,11-10-. The van der Waals surface area contributed by atoms with E-state index in [9.17, 15) is 0 Å². The Balaban J connectivity index is 4.45. The van der Waals surface area contributed by atoms with Crippen molar-refractivity contribution in [2.45, 2.75) is 47.5 Å². The van der Waals surface area contributed by atoms with Crippen LogP contribution in [0.4, 0.5) is 0 Å². The van der Waals surface area contributed by atoms with Crippen LogP contribution in [0, 0.1) is 5.41 Å². The zero-order valence-corrected chi connectivity index (χ0v) is 9.65. The molecule has 0 aromatic rings. The fourth-order valence-electron chi connectivity index (χ4n) is 1.11. The highest BCUT2D eigenvalue weighted by molar-refractivity contribution is 5.25. The number of rotatable bonds is 3. The van der Waals surface area contributed by atoms with Crippen LogP contribution in [0.15, 0.2) is 23.4 Å². The highest BCUT2D eigenvalue weighted by Gasteiger charge is 2.14. The SMILES string of the molecule is CCC/C=C\C(C)=C(/N)C(C)(C)C. The first-order valence-corrected chi connectivity index (χ1v) is 5.03. The van der Waals surface area contributed by atoms with Crippen LogP contribution in [0.25, 0.3) is 0 Å². The zero-order chi connectivity index (χ0) is 10.5. The third-order valence-electron chi connectivity index (χ3n) is 2.06. The summed E-state index contributed by atoms with van der Waals surface area (Å²) in [7, 11) is 0. The largest absolute Gasteiger partial charge is 0.401 e. The van der Waals surface area contributed by atoms with E-state index in [0.29, 0.717) is 0 Å². The van der Waals surface area contributed by atoms with Crippen LogP contribution in [0.5, 0.6) is 0 Å². The van der Waals surface area contributed by atoms with Gasteiger partial charge in [-0.15, -0.1) is 0 Å². The van der Waals surface area contributed by atoms with Crippen molar-refractivity contribution >= 4 is 0 Å². The van der Waals surface area contributed by atoms with Gasteiger partial charge in [0.2, 0.25) is 0 Å². The van der Waals surface area contributed by atoms with Crippen molar-refractivity contribution in [1.29, 1.82) is 0 Å². The lowest BCUT2D eigenvalue weighted by Crippen LogP contribution is -2.18. The highest BCUT2D eigenvalue weighted by atomic mass is 14.6. The molecule has 0 atom stereocenters. The van der Waals surface area contributed by atoms with Crippen molar-refractivity contribution in [3.05, 3.63) is 23.4 Å². The van der Waals surface area contributed by atoms with Gasteiger partial charge in [0.25, 0.3) is 0 Å². The molecular weight excluding hydrogens is 158 g/mol. The number of hydrogen-bond acceptors (Lipinski definition) is 1. The van der Waals surface area contributed by atoms with E-state index in [-0.39, 0.29) is 5.41 Å². The van der Waals surface area contributed by atoms with Gasteiger partial charge in [-0.25, -0.2) is 0 Å². The van der Waals surface area contributed by atoms with Gasteiger partial charge in [0, 0.05) is 11.1 Å². The molecule has 0 fully saturated rings. The quantitative estimate of drug-likeness (QED) is 0.661. The van der Waals surface area contributed by atoms with Gasteiger partial charge in [-0.2, -0.15) is 0 Å². The summed E-state index contributed by atoms with van der Waals surface area (Å²) in [5, 5.41) is 0. The Morgan fingerprint density at radius 1 is 1.31 bits per heavy atom. The topological polar surface area (TPSA) is 26.0 Å². The number of hydrogen-bond donors (Lipinski definition) is 1. The molecule has 0 unspecified atom stereocenters. The minimum Gasteiger partial charge on any atom is -0.401 e. The van der Waals surface area contributed by atoms with E-state index in [1.807, 2.05) is 0 Å². The van der Waals surface area contributed by atoms with Gasteiger partial charge in [-0.05, 0) is 18.9 Å². The second-order valence-electron chi connectivity index (χ2n) is 4.54. The van der Waals surface area contributed by atoms with Crippen LogP contribution < -0.4 is 5.73 Å². The molecule has 0 saturated carbocycles. The first-order valence-electron chi connectivity index (χ1n) is 5.03. The van der Waals surface area contributed by atoms with Crippen molar-refractivity contribution in [3.63, 3.8) is 0 Å². The Morgan fingerprint density at radius 3 is 2.23 bits per heavy atom. The molecule has 0 heterocycles. The van der Waals surface area contributed by atoms with E-state index in [0.717, 1.165) is 12.1 Å². The second kappa shape index (κ2) is 5.11. The number of nitrogens with two attached hydrogens (primary N) is 1. The molecule has 0 saturated heterocycles. The molecule has 2 N–H and O–H groups in total. The van der Waals surface area contributed by atoms with Gasteiger partial charge in [0.1, 0.15) is 0 Å². The maximum atomic E-state index is 6.00. The van der Waals surface area contributed by atoms with Crippen molar-refractivity contribution in [3.8, 4) is 0 Å². The molecule has 0 spiro atoms. The van der Waals surface area contributed by atoms with E-state index < -0.39 is 0 Å². The van der Waals surface area contributed by atoms with Gasteiger partial charge in [-0.3, -0.25) is 0 Å². The molecule has 0 aliphatic carbocycles. The summed E-state index contributed by atoms with van der Waals surface area (Å²) in [6, 6.07) is 0. The van der Waals surface area contributed by atoms with Crippen molar-refractivity contribution in [2.75, 3.05) is 0 Å². The van der Waals surface area contributed by atoms with E-state index in [1.165, 1.54) is 12.0 Å². The number of unbranched alkanes of at least 4 members (excludes halogenated alkanes) is 1. The fraction of sp³-hybridized carbons (Fsp3) is 0.667. The Bertz CT molecular complexity index is 204. The number of allylic oxidation sites excluding steroid dienone is 4. The summed E-state index contributed by atoms with van der Waals surface area (Å²) in [5.41, 5.74) is 8.27. The molecule has 0 bridgehead atoms. The molecular formula is C12H23N. The van der Waals surface area contributed by atoms with Crippen molar-refractivity contribution in [1.82, 2.24) is 0 Å². The Hall–Kier alpha value is -0.720. The monoisotopic (exact) mass is 181 g/mol. The molecule has 13 heavy (non-hydrogen) atoms. The third-order valence-corrected chi connectivity index (χ3v) is 2.06. The maximum Gasteiger partial charge on any atom is 0.0165 e. The van der Waals surface area contributed by atoms with Crippen molar-refractivity contribution < 1.29 is 0 Å². The Kier molecular flexibility index (Phi) is 4.82. The van der Waals surface area contributed by atoms with Crippen LogP contribution in [0.2, 0.25) is 0 Å². The van der Waals surface area contributed by atoms with Gasteiger partial charge in [-0.1, -0.05) is 46.3 Å². The highest BCUT2D eigenvalue weighted by Crippen LogP contribution is 2.23. The maximum absolute atomic E-state index is 6.00. The van der Waals surface area contributed by atoms with Crippen LogP contribution in [0.3, 0.4) is 0 Å². The summed E-state index contributed by atoms with van der Waals surface area (Å²) < 4.78 is 0. The zero-order valence-electron chi connectivity index (χ0n) is 9.65. The van der Waals surface area contributed by atoms with Crippen LogP contribution >= 0.6 is 0 Å². The fourth-order valence-corrected chi connectivity index (χ4v) is 1.11. The lowest BCUT2D eigenvalue weighted by atomic mass is 9.89. The summed E-state index contributed by atoms with van der Waals surface area (Å²) >= 11 is 0. The molecule has 76 valence electrons. The predicted molar refractivity (Wildman–Crippen MR) is 60.4 cm³/mol. The summed E-state index contributed by atoms with van der Waals surface area (Å²) in [5.74, 6) is 0. The Morgan fingerprint density at radius 2 is 1.85 bits per heavy atom. The third kappa shape index (κ3) is 4.76. The first kappa shape index (κ1) is 12.3. The van der Waals surface area contributed by atoms with Crippen molar-refractivity contribution in [2.24, 2.45) is 11.1 Å². The minimum atomic E-state index is 0.0840. The molecule has 0 aromatic carbocycles. The molecule has 0 radical (unpaired) electrons. The van der Waals surface area contributed by atoms with Gasteiger partial charge >= 0.3 is 0 Å². The summed E-state index contributed by atoms with van der Waals surface area (Å²) in [6.07, 6.45) is 6.64. The van der Waals surface area contributed by atoms with Gasteiger partial charge in [0.15, 0.2) is 0 Å². The Labute approximate surface area is 82.7 Å². The van der Waals surface area contributed by atoms with Crippen LogP contribution in [0.1, 0.15) is 47.5 Å². The molecule has 0 aliphatic rings. The van der Waals surface area contributed by atoms with Crippen LogP contribution in [-0.4, -0.2) is 0 Å². The first-order chi connectivity index (χ1) is 5.89. The molecule has 0 amide bonds. The molecule has 0 rings (SSSR count). The second-order valence-corrected chi connectivity index (χ2v) is 4.54. The summed E-state index contributed by atoms with van der Waals surface area (Å²) in [6.45, 7) is 10.7. The molecule has 1 heteroatoms. The summed E-state index contributed by atoms with van der Waals surface area (Å²) in [4.78, 5) is 0. The van der Waals surface area contributed by atoms with Crippen LogP contribution in [-0.2, 0) is 0 Å². The van der Waals surface area contributed by atoms with E-state index in [4.69, 9.17) is 5.73 Å². The predicted octanol–water partition coefficient (Wildman–Crippen LogP) is 3.62. The average Bonchev–Trinajstić information content (AvgIpc) is 2.01. The molecule has 0 aliphatic heterocycles. The average molecular weight is 181 g/mol. The lowest BCUT2D eigenvalue weighted by molar-refractivity contribution is 0.493.